The highest BCUT2D eigenvalue weighted by atomic mass is 16.6. The van der Waals surface area contributed by atoms with E-state index in [0.717, 1.165) is 13.2 Å². The highest BCUT2D eigenvalue weighted by Crippen LogP contribution is 2.07. The third-order valence-corrected chi connectivity index (χ3v) is 2.22. The van der Waals surface area contributed by atoms with Gasteiger partial charge in [0.25, 0.3) is 0 Å². The highest BCUT2D eigenvalue weighted by molar-refractivity contribution is 5.89. The molecule has 0 aliphatic carbocycles. The molecule has 1 saturated heterocycles. The lowest BCUT2D eigenvalue weighted by Crippen LogP contribution is -2.17. The van der Waals surface area contributed by atoms with Crippen LogP contribution in [0.3, 0.4) is 0 Å². The van der Waals surface area contributed by atoms with Crippen molar-refractivity contribution in [2.45, 2.75) is 6.10 Å². The first-order valence-electron chi connectivity index (χ1n) is 5.43. The average molecular weight is 235 g/mol. The topological polar surface area (TPSA) is 49.9 Å². The summed E-state index contributed by atoms with van der Waals surface area (Å²) < 4.78 is 4.98. The van der Waals surface area contributed by atoms with Gasteiger partial charge in [0.1, 0.15) is 0 Å². The maximum atomic E-state index is 10.2. The number of likely N-dealkylation sites (N-methyl/N-ethyl adjacent to an activating group) is 1. The molecule has 0 spiro atoms. The van der Waals surface area contributed by atoms with Gasteiger partial charge in [0.15, 0.2) is 12.6 Å². The Bertz CT molecular complexity index is 346. The van der Waals surface area contributed by atoms with Crippen LogP contribution in [0.4, 0.5) is 0 Å². The zero-order valence-corrected chi connectivity index (χ0v) is 10.1. The van der Waals surface area contributed by atoms with Crippen molar-refractivity contribution < 1.29 is 14.3 Å². The highest BCUT2D eigenvalue weighted by Gasteiger charge is 2.22. The van der Waals surface area contributed by atoms with Crippen molar-refractivity contribution in [3.8, 4) is 0 Å². The summed E-state index contributed by atoms with van der Waals surface area (Å²) in [6.45, 7) is 2.05. The van der Waals surface area contributed by atoms with E-state index in [1.807, 2.05) is 0 Å². The number of carbonyl (C=O) groups is 2. The molecule has 1 aromatic carbocycles. The molecular formula is C13H17NO3. The molecular weight excluding hydrogens is 218 g/mol. The van der Waals surface area contributed by atoms with E-state index in [1.165, 1.54) is 0 Å². The van der Waals surface area contributed by atoms with Crippen LogP contribution in [0.5, 0.6) is 0 Å². The van der Waals surface area contributed by atoms with Gasteiger partial charge in [-0.3, -0.25) is 9.59 Å². The molecule has 17 heavy (non-hydrogen) atoms. The molecule has 0 radical (unpaired) electrons. The van der Waals surface area contributed by atoms with Crippen molar-refractivity contribution in [2.75, 3.05) is 27.2 Å². The minimum Gasteiger partial charge on any atom is -0.372 e. The molecule has 1 aliphatic heterocycles. The molecule has 1 aromatic rings. The largest absolute Gasteiger partial charge is 0.372 e. The van der Waals surface area contributed by atoms with Crippen molar-refractivity contribution in [3.63, 3.8) is 0 Å². The SMILES string of the molecule is CN(C)CC1CO1.O=Cc1ccccc1C=O. The summed E-state index contributed by atoms with van der Waals surface area (Å²) in [5.74, 6) is 0. The fraction of sp³-hybridized carbons (Fsp3) is 0.385. The second kappa shape index (κ2) is 6.93. The molecule has 1 aliphatic rings. The van der Waals surface area contributed by atoms with Crippen LogP contribution in [0, 0.1) is 0 Å². The molecule has 1 fully saturated rings. The summed E-state index contributed by atoms with van der Waals surface area (Å²) in [5, 5.41) is 0. The van der Waals surface area contributed by atoms with Crippen molar-refractivity contribution in [1.82, 2.24) is 4.90 Å². The number of nitrogens with zero attached hydrogens (tertiary/aromatic N) is 1. The Kier molecular flexibility index (Phi) is 5.52. The fourth-order valence-electron chi connectivity index (χ4n) is 1.31. The first-order chi connectivity index (χ1) is 8.17. The maximum absolute atomic E-state index is 10.2. The van der Waals surface area contributed by atoms with Gasteiger partial charge in [-0.15, -0.1) is 0 Å². The lowest BCUT2D eigenvalue weighted by Gasteiger charge is -2.03. The smallest absolute Gasteiger partial charge is 0.150 e. The van der Waals surface area contributed by atoms with Gasteiger partial charge in [-0.2, -0.15) is 0 Å². The van der Waals surface area contributed by atoms with Crippen LogP contribution in [0.2, 0.25) is 0 Å². The Labute approximate surface area is 101 Å². The lowest BCUT2D eigenvalue weighted by atomic mass is 10.1. The molecule has 4 nitrogen and oxygen atoms in total. The number of carbonyl (C=O) groups excluding carboxylic acids is 2. The molecule has 0 saturated carbocycles. The first-order valence-corrected chi connectivity index (χ1v) is 5.43. The summed E-state index contributed by atoms with van der Waals surface area (Å²) in [6, 6.07) is 6.65. The number of hydrogen-bond donors (Lipinski definition) is 0. The maximum Gasteiger partial charge on any atom is 0.150 e. The molecule has 0 N–H and O–H groups in total. The zero-order chi connectivity index (χ0) is 12.7. The van der Waals surface area contributed by atoms with E-state index in [9.17, 15) is 9.59 Å². The predicted octanol–water partition coefficient (Wildman–Crippen LogP) is 1.26. The number of aldehydes is 2. The van der Waals surface area contributed by atoms with Crippen molar-refractivity contribution in [3.05, 3.63) is 35.4 Å². The van der Waals surface area contributed by atoms with Crippen LogP contribution in [0.1, 0.15) is 20.7 Å². The van der Waals surface area contributed by atoms with E-state index in [-0.39, 0.29) is 0 Å². The van der Waals surface area contributed by atoms with E-state index in [2.05, 4.69) is 19.0 Å². The van der Waals surface area contributed by atoms with Gasteiger partial charge in [-0.25, -0.2) is 0 Å². The summed E-state index contributed by atoms with van der Waals surface area (Å²) in [7, 11) is 4.11. The Balaban J connectivity index is 0.000000181. The standard InChI is InChI=1S/C8H6O2.C5H11NO/c9-5-7-3-1-2-4-8(7)6-10;1-6(2)3-5-4-7-5/h1-6H;5H,3-4H2,1-2H3. The molecule has 0 bridgehead atoms. The normalized spacial score (nSPS) is 17.0. The Morgan fingerprint density at radius 2 is 1.71 bits per heavy atom. The van der Waals surface area contributed by atoms with Gasteiger partial charge in [-0.05, 0) is 14.1 Å². The van der Waals surface area contributed by atoms with Crippen LogP contribution in [0.15, 0.2) is 24.3 Å². The minimum absolute atomic E-state index is 0.442. The molecule has 0 amide bonds. The first kappa shape index (κ1) is 13.5. The minimum atomic E-state index is 0.442. The monoisotopic (exact) mass is 235 g/mol. The number of epoxide rings is 1. The second-order valence-electron chi connectivity index (χ2n) is 4.08. The lowest BCUT2D eigenvalue weighted by molar-refractivity contribution is 0.109. The number of rotatable bonds is 4. The van der Waals surface area contributed by atoms with Crippen molar-refractivity contribution >= 4 is 12.6 Å². The van der Waals surface area contributed by atoms with E-state index in [4.69, 9.17) is 4.74 Å². The van der Waals surface area contributed by atoms with Crippen LogP contribution in [0.25, 0.3) is 0 Å². The molecule has 1 atom stereocenters. The van der Waals surface area contributed by atoms with E-state index < -0.39 is 0 Å². The summed E-state index contributed by atoms with van der Waals surface area (Å²) in [4.78, 5) is 22.6. The second-order valence-corrected chi connectivity index (χ2v) is 4.08. The zero-order valence-electron chi connectivity index (χ0n) is 10.1. The van der Waals surface area contributed by atoms with Gasteiger partial charge in [0.05, 0.1) is 12.7 Å². The van der Waals surface area contributed by atoms with Crippen LogP contribution >= 0.6 is 0 Å². The average Bonchev–Trinajstić information content (AvgIpc) is 3.12. The molecule has 0 aromatic heterocycles. The van der Waals surface area contributed by atoms with Gasteiger partial charge in [0, 0.05) is 17.7 Å². The van der Waals surface area contributed by atoms with Crippen LogP contribution in [-0.2, 0) is 4.74 Å². The summed E-state index contributed by atoms with van der Waals surface area (Å²) in [6.07, 6.45) is 1.89. The third-order valence-electron chi connectivity index (χ3n) is 2.22. The summed E-state index contributed by atoms with van der Waals surface area (Å²) in [5.41, 5.74) is 0.884. The van der Waals surface area contributed by atoms with E-state index in [1.54, 1.807) is 24.3 Å². The van der Waals surface area contributed by atoms with E-state index >= 15 is 0 Å². The molecule has 4 heteroatoms. The van der Waals surface area contributed by atoms with Gasteiger partial charge >= 0.3 is 0 Å². The van der Waals surface area contributed by atoms with Crippen LogP contribution < -0.4 is 0 Å². The van der Waals surface area contributed by atoms with Crippen molar-refractivity contribution in [2.24, 2.45) is 0 Å². The van der Waals surface area contributed by atoms with Gasteiger partial charge in [0.2, 0.25) is 0 Å². The quantitative estimate of drug-likeness (QED) is 0.582. The Morgan fingerprint density at radius 1 is 1.24 bits per heavy atom. The van der Waals surface area contributed by atoms with Crippen LogP contribution in [-0.4, -0.2) is 50.8 Å². The number of hydrogen-bond acceptors (Lipinski definition) is 4. The number of ether oxygens (including phenoxy) is 1. The van der Waals surface area contributed by atoms with Gasteiger partial charge < -0.3 is 9.64 Å². The Hall–Kier alpha value is -1.52. The fourth-order valence-corrected chi connectivity index (χ4v) is 1.31. The predicted molar refractivity (Wildman–Crippen MR) is 65.5 cm³/mol. The van der Waals surface area contributed by atoms with E-state index in [0.29, 0.717) is 29.8 Å². The molecule has 92 valence electrons. The Morgan fingerprint density at radius 3 is 1.94 bits per heavy atom. The third kappa shape index (κ3) is 5.38. The van der Waals surface area contributed by atoms with Crippen molar-refractivity contribution in [1.29, 1.82) is 0 Å². The van der Waals surface area contributed by atoms with Gasteiger partial charge in [-0.1, -0.05) is 24.3 Å². The summed E-state index contributed by atoms with van der Waals surface area (Å²) >= 11 is 0. The number of benzene rings is 1. The molecule has 2 rings (SSSR count). The molecule has 1 unspecified atom stereocenters. The molecule has 1 heterocycles.